The summed E-state index contributed by atoms with van der Waals surface area (Å²) in [6.07, 6.45) is 1.12. The van der Waals surface area contributed by atoms with Crippen LogP contribution in [0.4, 0.5) is 5.69 Å². The quantitative estimate of drug-likeness (QED) is 0.788. The van der Waals surface area contributed by atoms with Gasteiger partial charge in [-0.2, -0.15) is 0 Å². The van der Waals surface area contributed by atoms with E-state index in [1.165, 1.54) is 0 Å². The van der Waals surface area contributed by atoms with Crippen LogP contribution in [0.2, 0.25) is 0 Å². The maximum Gasteiger partial charge on any atom is 0.316 e. The Morgan fingerprint density at radius 2 is 1.86 bits per heavy atom. The molecule has 2 atom stereocenters. The molecule has 0 saturated carbocycles. The van der Waals surface area contributed by atoms with Crippen molar-refractivity contribution < 1.29 is 9.59 Å². The van der Waals surface area contributed by atoms with Gasteiger partial charge in [-0.1, -0.05) is 26.0 Å². The van der Waals surface area contributed by atoms with Crippen LogP contribution in [-0.4, -0.2) is 36.3 Å². The molecule has 0 aromatic heterocycles. The number of nitrogens with zero attached hydrogens (tertiary/aromatic N) is 2. The molecular weight excluding hydrogens is 276 g/mol. The third-order valence-corrected chi connectivity index (χ3v) is 4.21. The van der Waals surface area contributed by atoms with Crippen molar-refractivity contribution in [2.24, 2.45) is 11.8 Å². The average molecular weight is 302 g/mol. The van der Waals surface area contributed by atoms with Crippen molar-refractivity contribution in [1.82, 2.24) is 4.90 Å². The molecule has 0 radical (unpaired) electrons. The van der Waals surface area contributed by atoms with E-state index in [4.69, 9.17) is 0 Å². The second-order valence-electron chi connectivity index (χ2n) is 6.54. The van der Waals surface area contributed by atoms with E-state index in [0.29, 0.717) is 31.5 Å². The monoisotopic (exact) mass is 302 g/mol. The number of hydrogen-bond acceptors (Lipinski definition) is 2. The molecule has 1 aromatic carbocycles. The highest BCUT2D eigenvalue weighted by Crippen LogP contribution is 2.22. The summed E-state index contributed by atoms with van der Waals surface area (Å²) < 4.78 is 0. The first-order valence-corrected chi connectivity index (χ1v) is 8.09. The van der Waals surface area contributed by atoms with Crippen LogP contribution >= 0.6 is 0 Å². The number of anilines is 1. The van der Waals surface area contributed by atoms with Gasteiger partial charge in [0.15, 0.2) is 0 Å². The first-order chi connectivity index (χ1) is 10.4. The van der Waals surface area contributed by atoms with E-state index in [0.717, 1.165) is 17.7 Å². The van der Waals surface area contributed by atoms with Crippen molar-refractivity contribution in [3.8, 4) is 0 Å². The predicted octanol–water partition coefficient (Wildman–Crippen LogP) is 2.85. The van der Waals surface area contributed by atoms with Crippen molar-refractivity contribution in [3.05, 3.63) is 29.8 Å². The molecule has 4 nitrogen and oxygen atoms in total. The second kappa shape index (κ2) is 6.95. The maximum atomic E-state index is 12.6. The van der Waals surface area contributed by atoms with Crippen molar-refractivity contribution in [1.29, 1.82) is 0 Å². The molecule has 1 saturated heterocycles. The summed E-state index contributed by atoms with van der Waals surface area (Å²) in [6, 6.07) is 7.72. The zero-order valence-electron chi connectivity index (χ0n) is 14.0. The predicted molar refractivity (Wildman–Crippen MR) is 88.7 cm³/mol. The van der Waals surface area contributed by atoms with Gasteiger partial charge in [0.1, 0.15) is 0 Å². The van der Waals surface area contributed by atoms with Gasteiger partial charge in [0.2, 0.25) is 0 Å². The van der Waals surface area contributed by atoms with Crippen LogP contribution in [0, 0.1) is 18.8 Å². The minimum atomic E-state index is -0.422. The molecule has 1 fully saturated rings. The summed E-state index contributed by atoms with van der Waals surface area (Å²) in [6.45, 7) is 10.0. The Morgan fingerprint density at radius 3 is 2.41 bits per heavy atom. The number of likely N-dealkylation sites (N-methyl/N-ethyl adjacent to an activating group) is 1. The number of likely N-dealkylation sites (tertiary alicyclic amines) is 1. The molecule has 2 amide bonds. The van der Waals surface area contributed by atoms with Gasteiger partial charge in [-0.3, -0.25) is 9.59 Å². The van der Waals surface area contributed by atoms with E-state index in [1.54, 1.807) is 9.80 Å². The SMILES string of the molecule is CCN(C(=O)C(=O)N1CC(C)CC(C)C1)c1cccc(C)c1. The van der Waals surface area contributed by atoms with E-state index >= 15 is 0 Å². The van der Waals surface area contributed by atoms with Gasteiger partial charge in [-0.25, -0.2) is 0 Å². The van der Waals surface area contributed by atoms with Crippen LogP contribution in [0.15, 0.2) is 24.3 Å². The van der Waals surface area contributed by atoms with Gasteiger partial charge in [-0.05, 0) is 49.8 Å². The lowest BCUT2D eigenvalue weighted by atomic mass is 9.92. The van der Waals surface area contributed by atoms with Gasteiger partial charge >= 0.3 is 11.8 Å². The molecular formula is C18H26N2O2. The molecule has 1 aliphatic rings. The van der Waals surface area contributed by atoms with Crippen LogP contribution in [-0.2, 0) is 9.59 Å². The van der Waals surface area contributed by atoms with E-state index in [2.05, 4.69) is 13.8 Å². The van der Waals surface area contributed by atoms with Gasteiger partial charge < -0.3 is 9.80 Å². The molecule has 0 N–H and O–H groups in total. The average Bonchev–Trinajstić information content (AvgIpc) is 2.46. The first kappa shape index (κ1) is 16.5. The summed E-state index contributed by atoms with van der Waals surface area (Å²) in [7, 11) is 0. The molecule has 1 aliphatic heterocycles. The molecule has 2 unspecified atom stereocenters. The maximum absolute atomic E-state index is 12.6. The first-order valence-electron chi connectivity index (χ1n) is 8.09. The highest BCUT2D eigenvalue weighted by atomic mass is 16.2. The summed E-state index contributed by atoms with van der Waals surface area (Å²) in [5.74, 6) is 0.111. The molecule has 2 rings (SSSR count). The van der Waals surface area contributed by atoms with E-state index in [1.807, 2.05) is 38.1 Å². The lowest BCUT2D eigenvalue weighted by Gasteiger charge is -2.35. The van der Waals surface area contributed by atoms with Crippen molar-refractivity contribution in [2.45, 2.75) is 34.1 Å². The normalized spacial score (nSPS) is 21.5. The number of amides is 2. The lowest BCUT2D eigenvalue weighted by Crippen LogP contribution is -2.50. The molecule has 0 aliphatic carbocycles. The highest BCUT2D eigenvalue weighted by molar-refractivity contribution is 6.40. The van der Waals surface area contributed by atoms with Crippen LogP contribution < -0.4 is 4.90 Å². The number of carbonyl (C=O) groups is 2. The smallest absolute Gasteiger partial charge is 0.316 e. The number of hydrogen-bond donors (Lipinski definition) is 0. The molecule has 0 spiro atoms. The van der Waals surface area contributed by atoms with Gasteiger partial charge in [0.05, 0.1) is 0 Å². The number of benzene rings is 1. The van der Waals surface area contributed by atoms with Gasteiger partial charge in [0.25, 0.3) is 0 Å². The third-order valence-electron chi connectivity index (χ3n) is 4.21. The molecule has 1 heterocycles. The number of rotatable bonds is 2. The molecule has 120 valence electrons. The van der Waals surface area contributed by atoms with Crippen LogP contribution in [0.3, 0.4) is 0 Å². The van der Waals surface area contributed by atoms with E-state index < -0.39 is 5.91 Å². The Labute approximate surface area is 133 Å². The second-order valence-corrected chi connectivity index (χ2v) is 6.54. The standard InChI is InChI=1S/C18H26N2O2/c1-5-20(16-8-6-7-13(2)10-16)18(22)17(21)19-11-14(3)9-15(4)12-19/h6-8,10,14-15H,5,9,11-12H2,1-4H3. The Balaban J connectivity index is 2.16. The van der Waals surface area contributed by atoms with E-state index in [-0.39, 0.29) is 5.91 Å². The summed E-state index contributed by atoms with van der Waals surface area (Å²) in [5, 5.41) is 0. The highest BCUT2D eigenvalue weighted by Gasteiger charge is 2.31. The molecule has 22 heavy (non-hydrogen) atoms. The topological polar surface area (TPSA) is 40.6 Å². The lowest BCUT2D eigenvalue weighted by molar-refractivity contribution is -0.146. The Bertz CT molecular complexity index is 546. The molecule has 1 aromatic rings. The summed E-state index contributed by atoms with van der Waals surface area (Å²) >= 11 is 0. The minimum Gasteiger partial charge on any atom is -0.334 e. The van der Waals surface area contributed by atoms with Crippen molar-refractivity contribution in [3.63, 3.8) is 0 Å². The Morgan fingerprint density at radius 1 is 1.23 bits per heavy atom. The number of carbonyl (C=O) groups excluding carboxylic acids is 2. The van der Waals surface area contributed by atoms with E-state index in [9.17, 15) is 9.59 Å². The number of piperidine rings is 1. The van der Waals surface area contributed by atoms with Crippen LogP contribution in [0.5, 0.6) is 0 Å². The fraction of sp³-hybridized carbons (Fsp3) is 0.556. The van der Waals surface area contributed by atoms with Crippen LogP contribution in [0.1, 0.15) is 32.8 Å². The van der Waals surface area contributed by atoms with Gasteiger partial charge in [0, 0.05) is 25.3 Å². The van der Waals surface area contributed by atoms with Gasteiger partial charge in [-0.15, -0.1) is 0 Å². The zero-order valence-corrected chi connectivity index (χ0v) is 14.0. The van der Waals surface area contributed by atoms with Crippen LogP contribution in [0.25, 0.3) is 0 Å². The Hall–Kier alpha value is -1.84. The minimum absolute atomic E-state index is 0.373. The number of aryl methyl sites for hydroxylation is 1. The fourth-order valence-corrected chi connectivity index (χ4v) is 3.32. The summed E-state index contributed by atoms with van der Waals surface area (Å²) in [4.78, 5) is 28.5. The third kappa shape index (κ3) is 3.67. The molecule has 0 bridgehead atoms. The fourth-order valence-electron chi connectivity index (χ4n) is 3.32. The zero-order chi connectivity index (χ0) is 16.3. The Kier molecular flexibility index (Phi) is 5.22. The van der Waals surface area contributed by atoms with Crippen molar-refractivity contribution in [2.75, 3.05) is 24.5 Å². The summed E-state index contributed by atoms with van der Waals surface area (Å²) in [5.41, 5.74) is 1.87. The largest absolute Gasteiger partial charge is 0.334 e. The van der Waals surface area contributed by atoms with Crippen molar-refractivity contribution >= 4 is 17.5 Å². The molecule has 4 heteroatoms.